The molecule has 0 bridgehead atoms. The molecule has 1 fully saturated rings. The monoisotopic (exact) mass is 459 g/mol. The molecule has 1 aliphatic heterocycles. The molecular formula is C23H24F3N5O2. The topological polar surface area (TPSA) is 80.0 Å². The van der Waals surface area contributed by atoms with Gasteiger partial charge in [-0.1, -0.05) is 6.08 Å². The molecule has 0 aromatic carbocycles. The van der Waals surface area contributed by atoms with Gasteiger partial charge in [-0.25, -0.2) is 15.0 Å². The summed E-state index contributed by atoms with van der Waals surface area (Å²) >= 11 is 0. The van der Waals surface area contributed by atoms with E-state index >= 15 is 0 Å². The first-order valence-electron chi connectivity index (χ1n) is 10.4. The van der Waals surface area contributed by atoms with Crippen LogP contribution >= 0.6 is 0 Å². The standard InChI is InChI=1S/C23H24F3N5O2/c1-4-11-29-21(27-3)17-7-5-12-28-20(17)22(32)31-13-6-8-18(15(31)2)33-19-10-9-16(14-30-19)23(24,25)26/h4-5,7,9-12,14-15,18H,3,6,8,13H2,1-2H3/b11-4-,29-21?/t15-,18+/m0/s1. The molecule has 10 heteroatoms. The van der Waals surface area contributed by atoms with Crippen molar-refractivity contribution in [3.8, 4) is 5.88 Å². The van der Waals surface area contributed by atoms with E-state index in [9.17, 15) is 18.0 Å². The summed E-state index contributed by atoms with van der Waals surface area (Å²) in [6.45, 7) is 7.65. The predicted octanol–water partition coefficient (Wildman–Crippen LogP) is 4.55. The molecule has 0 spiro atoms. The summed E-state index contributed by atoms with van der Waals surface area (Å²) in [5, 5.41) is 0. The fourth-order valence-electron chi connectivity index (χ4n) is 3.56. The Kier molecular flexibility index (Phi) is 7.57. The van der Waals surface area contributed by atoms with Crippen LogP contribution < -0.4 is 4.74 Å². The van der Waals surface area contributed by atoms with E-state index in [0.717, 1.165) is 12.3 Å². The third-order valence-corrected chi connectivity index (χ3v) is 5.26. The minimum Gasteiger partial charge on any atom is -0.472 e. The van der Waals surface area contributed by atoms with E-state index in [0.29, 0.717) is 24.9 Å². The number of hydrogen-bond acceptors (Lipinski definition) is 5. The molecule has 0 saturated carbocycles. The summed E-state index contributed by atoms with van der Waals surface area (Å²) in [5.74, 6) is 0.0314. The predicted molar refractivity (Wildman–Crippen MR) is 119 cm³/mol. The van der Waals surface area contributed by atoms with Crippen molar-refractivity contribution in [1.29, 1.82) is 0 Å². The van der Waals surface area contributed by atoms with Crippen molar-refractivity contribution >= 4 is 18.5 Å². The smallest absolute Gasteiger partial charge is 0.417 e. The largest absolute Gasteiger partial charge is 0.472 e. The number of rotatable bonds is 5. The van der Waals surface area contributed by atoms with E-state index in [1.165, 1.54) is 12.3 Å². The number of carbonyl (C=O) groups is 1. The number of likely N-dealkylation sites (tertiary alicyclic amines) is 1. The number of allylic oxidation sites excluding steroid dienone is 1. The Morgan fingerprint density at radius 2 is 2.09 bits per heavy atom. The molecule has 2 aromatic rings. The highest BCUT2D eigenvalue weighted by Gasteiger charge is 2.35. The Labute approximate surface area is 189 Å². The number of halogens is 3. The van der Waals surface area contributed by atoms with E-state index in [4.69, 9.17) is 4.74 Å². The first-order valence-corrected chi connectivity index (χ1v) is 10.4. The quantitative estimate of drug-likeness (QED) is 0.485. The maximum absolute atomic E-state index is 13.4. The van der Waals surface area contributed by atoms with Crippen molar-refractivity contribution in [2.24, 2.45) is 9.98 Å². The Balaban J connectivity index is 1.81. The van der Waals surface area contributed by atoms with Gasteiger partial charge in [0.1, 0.15) is 11.8 Å². The summed E-state index contributed by atoms with van der Waals surface area (Å²) in [4.78, 5) is 31.2. The number of nitrogens with zero attached hydrogens (tertiary/aromatic N) is 5. The number of pyridine rings is 2. The van der Waals surface area contributed by atoms with Gasteiger partial charge < -0.3 is 9.64 Å². The van der Waals surface area contributed by atoms with Gasteiger partial charge in [-0.2, -0.15) is 13.2 Å². The number of piperidine rings is 1. The molecule has 2 atom stereocenters. The van der Waals surface area contributed by atoms with Gasteiger partial charge in [-0.05, 0) is 51.6 Å². The van der Waals surface area contributed by atoms with Gasteiger partial charge in [0.05, 0.1) is 17.2 Å². The molecule has 0 radical (unpaired) electrons. The molecular weight excluding hydrogens is 435 g/mol. The number of hydrogen-bond donors (Lipinski definition) is 0. The lowest BCUT2D eigenvalue weighted by molar-refractivity contribution is -0.137. The summed E-state index contributed by atoms with van der Waals surface area (Å²) in [7, 11) is 0. The number of aliphatic imine (C=N–C) groups is 2. The fourth-order valence-corrected chi connectivity index (χ4v) is 3.56. The number of carbonyl (C=O) groups excluding carboxylic acids is 1. The zero-order valence-corrected chi connectivity index (χ0v) is 18.3. The molecule has 1 aliphatic rings. The van der Waals surface area contributed by atoms with Gasteiger partial charge in [0.2, 0.25) is 5.88 Å². The Morgan fingerprint density at radius 3 is 2.73 bits per heavy atom. The molecule has 1 amide bonds. The number of alkyl halides is 3. The molecule has 0 N–H and O–H groups in total. The van der Waals surface area contributed by atoms with Gasteiger partial charge in [0.25, 0.3) is 5.91 Å². The van der Waals surface area contributed by atoms with Crippen molar-refractivity contribution in [3.05, 3.63) is 65.8 Å². The fraction of sp³-hybridized carbons (Fsp3) is 0.348. The van der Waals surface area contributed by atoms with Gasteiger partial charge in [0.15, 0.2) is 5.84 Å². The SMILES string of the molecule is C=NC(=N/C=C\C)c1cccnc1C(=O)N1CCC[C@@H](Oc2ccc(C(F)(F)F)cn2)[C@@H]1C. The molecule has 2 aromatic heterocycles. The van der Waals surface area contributed by atoms with E-state index < -0.39 is 17.8 Å². The highest BCUT2D eigenvalue weighted by atomic mass is 19.4. The van der Waals surface area contributed by atoms with Gasteiger partial charge >= 0.3 is 6.18 Å². The Morgan fingerprint density at radius 1 is 1.30 bits per heavy atom. The zero-order chi connectivity index (χ0) is 24.0. The van der Waals surface area contributed by atoms with E-state index in [2.05, 4.69) is 26.7 Å². The van der Waals surface area contributed by atoms with Crippen molar-refractivity contribution in [3.63, 3.8) is 0 Å². The van der Waals surface area contributed by atoms with Gasteiger partial charge in [-0.3, -0.25) is 9.78 Å². The maximum atomic E-state index is 13.4. The normalized spacial score (nSPS) is 19.5. The zero-order valence-electron chi connectivity index (χ0n) is 18.3. The second kappa shape index (κ2) is 10.4. The molecule has 0 aliphatic carbocycles. The number of amides is 1. The van der Waals surface area contributed by atoms with Crippen molar-refractivity contribution in [1.82, 2.24) is 14.9 Å². The average Bonchev–Trinajstić information content (AvgIpc) is 2.80. The molecule has 7 nitrogen and oxygen atoms in total. The van der Waals surface area contributed by atoms with Crippen molar-refractivity contribution in [2.45, 2.75) is 45.0 Å². The van der Waals surface area contributed by atoms with Crippen LogP contribution in [0.15, 0.2) is 58.9 Å². The lowest BCUT2D eigenvalue weighted by atomic mass is 9.99. The Bertz CT molecular complexity index is 1050. The van der Waals surface area contributed by atoms with Crippen LogP contribution in [-0.4, -0.2) is 52.0 Å². The second-order valence-electron chi connectivity index (χ2n) is 7.41. The van der Waals surface area contributed by atoms with Crippen molar-refractivity contribution < 1.29 is 22.7 Å². The number of ether oxygens (including phenoxy) is 1. The van der Waals surface area contributed by atoms with Crippen LogP contribution in [0.5, 0.6) is 5.88 Å². The number of amidine groups is 1. The van der Waals surface area contributed by atoms with Gasteiger partial charge in [-0.15, -0.1) is 0 Å². The van der Waals surface area contributed by atoms with Crippen LogP contribution in [0, 0.1) is 0 Å². The van der Waals surface area contributed by atoms with E-state index in [1.54, 1.807) is 36.2 Å². The van der Waals surface area contributed by atoms with E-state index in [-0.39, 0.29) is 29.4 Å². The molecule has 33 heavy (non-hydrogen) atoms. The minimum atomic E-state index is -4.47. The van der Waals surface area contributed by atoms with Crippen LogP contribution in [0.3, 0.4) is 0 Å². The third kappa shape index (κ3) is 5.63. The summed E-state index contributed by atoms with van der Waals surface area (Å²) in [6, 6.07) is 5.13. The van der Waals surface area contributed by atoms with Crippen molar-refractivity contribution in [2.75, 3.05) is 6.54 Å². The lowest BCUT2D eigenvalue weighted by Crippen LogP contribution is -2.51. The van der Waals surface area contributed by atoms with Gasteiger partial charge in [0, 0.05) is 31.2 Å². The van der Waals surface area contributed by atoms with E-state index in [1.807, 2.05) is 6.92 Å². The lowest BCUT2D eigenvalue weighted by Gasteiger charge is -2.39. The van der Waals surface area contributed by atoms with Crippen LogP contribution in [-0.2, 0) is 6.18 Å². The molecule has 3 heterocycles. The maximum Gasteiger partial charge on any atom is 0.417 e. The first kappa shape index (κ1) is 24.1. The average molecular weight is 459 g/mol. The summed E-state index contributed by atoms with van der Waals surface area (Å²) in [5.41, 5.74) is -0.208. The highest BCUT2D eigenvalue weighted by Crippen LogP contribution is 2.30. The van der Waals surface area contributed by atoms with Crippen LogP contribution in [0.4, 0.5) is 13.2 Å². The van der Waals surface area contributed by atoms with Crippen LogP contribution in [0.2, 0.25) is 0 Å². The van der Waals surface area contributed by atoms with Crippen LogP contribution in [0.1, 0.15) is 48.3 Å². The first-order chi connectivity index (χ1) is 15.8. The minimum absolute atomic E-state index is 0.0734. The Hall–Kier alpha value is -3.56. The summed E-state index contributed by atoms with van der Waals surface area (Å²) < 4.78 is 44.2. The molecule has 1 saturated heterocycles. The second-order valence-corrected chi connectivity index (χ2v) is 7.41. The third-order valence-electron chi connectivity index (χ3n) is 5.26. The molecule has 3 rings (SSSR count). The highest BCUT2D eigenvalue weighted by molar-refractivity contribution is 6.09. The molecule has 0 unspecified atom stereocenters. The van der Waals surface area contributed by atoms with Crippen LogP contribution in [0.25, 0.3) is 0 Å². The number of aromatic nitrogens is 2. The molecule has 174 valence electrons. The summed E-state index contributed by atoms with van der Waals surface area (Å²) in [6.07, 6.45) is 1.91.